The molecular formula is C26H24F3N6OS+. The molecule has 1 N–H and O–H groups in total. The normalized spacial score (nSPS) is 21.2. The van der Waals surface area contributed by atoms with E-state index in [9.17, 15) is 18.0 Å². The van der Waals surface area contributed by atoms with E-state index in [4.69, 9.17) is 17.5 Å². The number of pyridine rings is 1. The van der Waals surface area contributed by atoms with Gasteiger partial charge in [0.1, 0.15) is 11.6 Å². The zero-order valence-electron chi connectivity index (χ0n) is 19.9. The van der Waals surface area contributed by atoms with Gasteiger partial charge in [-0.3, -0.25) is 9.69 Å². The molecular weight excluding hydrogens is 501 g/mol. The van der Waals surface area contributed by atoms with Crippen molar-refractivity contribution in [1.29, 1.82) is 5.26 Å². The standard InChI is InChI=1S/C26H24F3N6OS/c27-26(28,29)20-13-19(15-32-21(20)14-30)34-23(36)25(7-1-8-25)35(24(34)37)18-2-3-22-16(12-18)6-11-33(22)17-4-9-31-10-5-17/h2-3,11-13,15,17,31H,1,4-10H2/q+1. The molecule has 0 radical (unpaired) electrons. The highest BCUT2D eigenvalue weighted by atomic mass is 32.1. The van der Waals surface area contributed by atoms with Gasteiger partial charge in [0.05, 0.1) is 23.9 Å². The second-order valence-corrected chi connectivity index (χ2v) is 10.3. The molecule has 1 aliphatic carbocycles. The van der Waals surface area contributed by atoms with Gasteiger partial charge in [-0.1, -0.05) is 0 Å². The summed E-state index contributed by atoms with van der Waals surface area (Å²) in [6.07, 6.45) is 3.38. The summed E-state index contributed by atoms with van der Waals surface area (Å²) in [7, 11) is 0. The summed E-state index contributed by atoms with van der Waals surface area (Å²) < 4.78 is 43.2. The van der Waals surface area contributed by atoms with Crippen molar-refractivity contribution in [2.45, 2.75) is 56.3 Å². The van der Waals surface area contributed by atoms with E-state index in [1.165, 1.54) is 6.07 Å². The Kier molecular flexibility index (Phi) is 5.58. The Labute approximate surface area is 217 Å². The number of hydrogen-bond acceptors (Lipinski definition) is 5. The van der Waals surface area contributed by atoms with Crippen LogP contribution in [0.5, 0.6) is 0 Å². The average molecular weight is 526 g/mol. The Morgan fingerprint density at radius 2 is 1.95 bits per heavy atom. The zero-order valence-corrected chi connectivity index (χ0v) is 20.7. The number of aromatic nitrogens is 1. The molecule has 1 spiro atoms. The Morgan fingerprint density at radius 1 is 1.19 bits per heavy atom. The zero-order chi connectivity index (χ0) is 25.9. The Balaban J connectivity index is 1.36. The van der Waals surface area contributed by atoms with Crippen LogP contribution in [0.3, 0.4) is 0 Å². The number of hydrogen-bond donors (Lipinski definition) is 1. The first kappa shape index (κ1) is 24.0. The molecule has 7 nitrogen and oxygen atoms in total. The minimum atomic E-state index is -4.79. The summed E-state index contributed by atoms with van der Waals surface area (Å²) in [5, 5.41) is 12.6. The third kappa shape index (κ3) is 3.65. The van der Waals surface area contributed by atoms with Gasteiger partial charge in [0.25, 0.3) is 5.91 Å². The number of nitrogens with zero attached hydrogens (tertiary/aromatic N) is 5. The largest absolute Gasteiger partial charge is 0.419 e. The summed E-state index contributed by atoms with van der Waals surface area (Å²) in [6.45, 7) is 1.98. The third-order valence-electron chi connectivity index (χ3n) is 7.94. The Hall–Kier alpha value is -3.36. The molecule has 1 amide bonds. The number of carbonyl (C=O) groups excluding carboxylic acids is 1. The van der Waals surface area contributed by atoms with Gasteiger partial charge in [0, 0.05) is 43.2 Å². The van der Waals surface area contributed by atoms with E-state index in [0.717, 1.165) is 72.9 Å². The molecule has 3 aliphatic heterocycles. The highest BCUT2D eigenvalue weighted by Crippen LogP contribution is 2.49. The number of nitrogens with one attached hydrogen (secondary N) is 1. The fraction of sp³-hybridized carbons (Fsp3) is 0.423. The molecule has 4 aliphatic rings. The van der Waals surface area contributed by atoms with Gasteiger partial charge in [-0.15, -0.1) is 0 Å². The fourth-order valence-electron chi connectivity index (χ4n) is 5.94. The molecule has 4 heterocycles. The van der Waals surface area contributed by atoms with Crippen LogP contribution in [0.25, 0.3) is 0 Å². The lowest BCUT2D eigenvalue weighted by Crippen LogP contribution is -2.55. The van der Waals surface area contributed by atoms with Crippen LogP contribution in [0, 0.1) is 11.3 Å². The maximum atomic E-state index is 13.7. The average Bonchev–Trinajstić information content (AvgIpc) is 3.39. The van der Waals surface area contributed by atoms with E-state index >= 15 is 0 Å². The molecule has 37 heavy (non-hydrogen) atoms. The maximum absolute atomic E-state index is 13.7. The minimum Gasteiger partial charge on any atom is -0.316 e. The molecule has 0 bridgehead atoms. The van der Waals surface area contributed by atoms with Crippen LogP contribution in [0.1, 0.15) is 48.9 Å². The van der Waals surface area contributed by atoms with Gasteiger partial charge in [-0.05, 0) is 49.7 Å². The maximum Gasteiger partial charge on any atom is 0.419 e. The minimum absolute atomic E-state index is 0.0818. The summed E-state index contributed by atoms with van der Waals surface area (Å²) in [4.78, 5) is 20.4. The van der Waals surface area contributed by atoms with E-state index in [-0.39, 0.29) is 16.7 Å². The number of anilines is 2. The smallest absolute Gasteiger partial charge is 0.316 e. The van der Waals surface area contributed by atoms with Crippen molar-refractivity contribution in [3.8, 4) is 6.07 Å². The number of alkyl halides is 3. The van der Waals surface area contributed by atoms with Gasteiger partial charge < -0.3 is 10.2 Å². The molecule has 0 unspecified atom stereocenters. The molecule has 1 saturated carbocycles. The first-order valence-electron chi connectivity index (χ1n) is 12.4. The van der Waals surface area contributed by atoms with Gasteiger partial charge in [0.2, 0.25) is 5.69 Å². The van der Waals surface area contributed by atoms with E-state index < -0.39 is 23.0 Å². The lowest BCUT2D eigenvalue weighted by Gasteiger charge is -2.43. The monoisotopic (exact) mass is 525 g/mol. The molecule has 2 saturated heterocycles. The van der Waals surface area contributed by atoms with Crippen LogP contribution >= 0.6 is 12.2 Å². The first-order valence-corrected chi connectivity index (χ1v) is 12.8. The number of fused-ring (bicyclic) bond motifs is 1. The van der Waals surface area contributed by atoms with Crippen molar-refractivity contribution in [2.24, 2.45) is 0 Å². The molecule has 1 aromatic heterocycles. The number of thiocarbonyl (C=S) groups is 1. The predicted molar refractivity (Wildman–Crippen MR) is 135 cm³/mol. The topological polar surface area (TPSA) is 75.3 Å². The van der Waals surface area contributed by atoms with Crippen molar-refractivity contribution < 1.29 is 22.5 Å². The van der Waals surface area contributed by atoms with E-state index in [1.54, 1.807) is 0 Å². The van der Waals surface area contributed by atoms with Gasteiger partial charge in [-0.2, -0.15) is 23.0 Å². The number of carbonyl (C=O) groups is 1. The third-order valence-corrected chi connectivity index (χ3v) is 8.31. The fourth-order valence-corrected chi connectivity index (χ4v) is 6.41. The second kappa shape index (κ2) is 8.60. The Bertz CT molecular complexity index is 1390. The molecule has 11 heteroatoms. The number of nitriles is 1. The van der Waals surface area contributed by atoms with E-state index in [1.807, 2.05) is 17.0 Å². The van der Waals surface area contributed by atoms with Crippen LogP contribution in [0.2, 0.25) is 0 Å². The van der Waals surface area contributed by atoms with Crippen LogP contribution < -0.4 is 15.1 Å². The van der Waals surface area contributed by atoms with Crippen LogP contribution in [-0.2, 0) is 17.4 Å². The van der Waals surface area contributed by atoms with E-state index in [0.29, 0.717) is 18.9 Å². The lowest BCUT2D eigenvalue weighted by molar-refractivity contribution is -0.481. The number of amides is 1. The van der Waals surface area contributed by atoms with Crippen molar-refractivity contribution in [2.75, 3.05) is 22.9 Å². The first-order chi connectivity index (χ1) is 17.7. The SMILES string of the molecule is N#Cc1ncc(N2C(=O)C3(CCC3)N(c3ccc4c(c3)CC=[N+]4C3CCNCC3)C2=S)cc1C(F)(F)F. The van der Waals surface area contributed by atoms with Crippen LogP contribution in [0.4, 0.5) is 30.2 Å². The predicted octanol–water partition coefficient (Wildman–Crippen LogP) is 4.06. The molecule has 2 aromatic rings. The molecule has 1 aromatic carbocycles. The molecule has 6 rings (SSSR count). The molecule has 3 fully saturated rings. The summed E-state index contributed by atoms with van der Waals surface area (Å²) in [5.41, 5.74) is 0.122. The quantitative estimate of drug-likeness (QED) is 0.482. The second-order valence-electron chi connectivity index (χ2n) is 9.93. The summed E-state index contributed by atoms with van der Waals surface area (Å²) in [5.74, 6) is -0.355. The number of halogens is 3. The lowest BCUT2D eigenvalue weighted by atomic mass is 9.75. The highest BCUT2D eigenvalue weighted by molar-refractivity contribution is 7.81. The van der Waals surface area contributed by atoms with Crippen molar-refractivity contribution in [1.82, 2.24) is 10.3 Å². The van der Waals surface area contributed by atoms with Gasteiger partial charge >= 0.3 is 6.18 Å². The number of rotatable bonds is 3. The van der Waals surface area contributed by atoms with Crippen molar-refractivity contribution in [3.05, 3.63) is 47.3 Å². The summed E-state index contributed by atoms with van der Waals surface area (Å²) >= 11 is 5.74. The molecule has 0 atom stereocenters. The van der Waals surface area contributed by atoms with Gasteiger partial charge in [0.15, 0.2) is 23.1 Å². The van der Waals surface area contributed by atoms with Crippen molar-refractivity contribution >= 4 is 46.5 Å². The van der Waals surface area contributed by atoms with Crippen LogP contribution in [0.15, 0.2) is 30.5 Å². The van der Waals surface area contributed by atoms with Crippen LogP contribution in [-0.4, -0.2) is 51.5 Å². The summed E-state index contributed by atoms with van der Waals surface area (Å²) in [6, 6.07) is 8.78. The van der Waals surface area contributed by atoms with Gasteiger partial charge in [-0.25, -0.2) is 4.98 Å². The van der Waals surface area contributed by atoms with Crippen molar-refractivity contribution in [3.63, 3.8) is 0 Å². The number of benzene rings is 1. The highest BCUT2D eigenvalue weighted by Gasteiger charge is 2.60. The Morgan fingerprint density at radius 3 is 2.59 bits per heavy atom. The number of piperidine rings is 1. The molecule has 190 valence electrons. The van der Waals surface area contributed by atoms with E-state index in [2.05, 4.69) is 27.2 Å².